The standard InChI is InChI=1S/C72H113N7O35S8/c1-39(47-13-15-49-64-51(35-58(71(47,49)5)113-121(103,104)105)69(3)24-22-43(109-117(91,92)93)30-41(69)32-56(64)111-119(97,98)99)10-19-60(80)74-26-7-8-28-78(67(86)46-34-45(12-18-55(46)79(89)90)116-115-38-54(66(85)76-37-63(83)84)77-62(82)21-17-53(73)68(87)88)29-9-27-75-61(81)20-11-40(2)48-14-16-50-65-52(36-59(72(48,50)6)114-122(106,107)108)70(4)25-23-44(110-118(94,95)96)31-42(70)33-57(65)112-120(100,101)102/h12,18,34,39-44,47-54,56-59,64-65H,7-11,13-17,19-33,35-38,73H2,1-6H3,(H,74,80)(H,75,81)(H,76,85)(H,77,82)(H,83,84)(H,87,88)(H,91,92,93)(H,94,95,96)(H,97,98,99)(H,100,101,102)(H,103,104,105)(H,106,107,108)/t39-,40-,41+,42+,43-,44-,47-,48-,49+,50+,51+,52+,53+,54+,56-,57-,58+,59+,64+,65+,69+,70+,71-,72-/m1/s1. The minimum Gasteiger partial charge on any atom is -0.480 e. The first-order valence-corrected chi connectivity index (χ1v) is 51.1. The normalized spacial score (nSPS) is 32.5. The van der Waals surface area contributed by atoms with Gasteiger partial charge in [-0.05, 0) is 222 Å². The van der Waals surface area contributed by atoms with Crippen LogP contribution in [0.25, 0.3) is 0 Å². The van der Waals surface area contributed by atoms with Crippen LogP contribution in [-0.2, 0) is 116 Å². The third-order valence-corrected chi connectivity index (χ3v) is 33.6. The summed E-state index contributed by atoms with van der Waals surface area (Å²) in [6, 6.07) is 0.800. The van der Waals surface area contributed by atoms with Gasteiger partial charge in [0.2, 0.25) is 23.6 Å². The van der Waals surface area contributed by atoms with E-state index in [1.165, 1.54) is 17.0 Å². The van der Waals surface area contributed by atoms with E-state index in [9.17, 15) is 132 Å². The van der Waals surface area contributed by atoms with Crippen LogP contribution >= 0.6 is 21.6 Å². The first kappa shape index (κ1) is 101. The Kier molecular flexibility index (Phi) is 33.1. The lowest BCUT2D eigenvalue weighted by atomic mass is 9.43. The lowest BCUT2D eigenvalue weighted by Gasteiger charge is -2.64. The van der Waals surface area contributed by atoms with Gasteiger partial charge in [0.1, 0.15) is 24.2 Å². The molecule has 9 rings (SSSR count). The van der Waals surface area contributed by atoms with E-state index in [2.05, 4.69) is 21.3 Å². The summed E-state index contributed by atoms with van der Waals surface area (Å²) in [4.78, 5) is 105. The van der Waals surface area contributed by atoms with Gasteiger partial charge >= 0.3 is 74.3 Å². The predicted octanol–water partition coefficient (Wildman–Crippen LogP) is 5.78. The zero-order chi connectivity index (χ0) is 90.6. The highest BCUT2D eigenvalue weighted by Gasteiger charge is 2.70. The summed E-state index contributed by atoms with van der Waals surface area (Å²) >= 11 is 0. The number of nitrogens with one attached hydrogen (secondary N) is 4. The number of unbranched alkanes of at least 4 members (excludes halogenated alkanes) is 1. The molecule has 8 aliphatic rings. The predicted molar refractivity (Wildman–Crippen MR) is 432 cm³/mol. The lowest BCUT2D eigenvalue weighted by Crippen LogP contribution is -2.63. The van der Waals surface area contributed by atoms with Gasteiger partial charge in [0, 0.05) is 73.0 Å². The fourth-order valence-electron chi connectivity index (χ4n) is 22.9. The van der Waals surface area contributed by atoms with Crippen molar-refractivity contribution in [2.75, 3.05) is 38.5 Å². The number of carboxylic acid groups (broad SMARTS) is 2. The van der Waals surface area contributed by atoms with Crippen molar-refractivity contribution in [3.8, 4) is 0 Å². The molecule has 0 aromatic heterocycles. The summed E-state index contributed by atoms with van der Waals surface area (Å²) in [5.74, 6) is -12.7. The van der Waals surface area contributed by atoms with E-state index >= 15 is 0 Å². The molecule has 0 radical (unpaired) electrons. The lowest BCUT2D eigenvalue weighted by molar-refractivity contribution is -0.385. The Hall–Kier alpha value is -5.21. The number of nitrogens with two attached hydrogens (primary N) is 1. The van der Waals surface area contributed by atoms with Crippen molar-refractivity contribution < 1.29 is 152 Å². The number of carbonyl (C=O) groups is 7. The first-order valence-electron chi connectivity index (χ1n) is 40.5. The number of fused-ring (bicyclic) bond motifs is 10. The minimum atomic E-state index is -5.16. The number of nitro groups is 1. The minimum absolute atomic E-state index is 0.00212. The second-order valence-electron chi connectivity index (χ2n) is 35.1. The fraction of sp³-hybridized carbons (Fsp3) is 0.819. The Morgan fingerprint density at radius 3 is 1.42 bits per heavy atom. The molecule has 1 aromatic carbocycles. The van der Waals surface area contributed by atoms with Crippen LogP contribution < -0.4 is 27.0 Å². The van der Waals surface area contributed by atoms with Gasteiger partial charge in [-0.15, -0.1) is 0 Å². The fourth-order valence-corrected chi connectivity index (χ4v) is 28.3. The molecule has 0 aliphatic heterocycles. The monoisotopic (exact) mass is 1890 g/mol. The maximum atomic E-state index is 14.9. The molecule has 694 valence electrons. The Morgan fingerprint density at radius 1 is 0.557 bits per heavy atom. The van der Waals surface area contributed by atoms with Crippen molar-refractivity contribution in [3.05, 3.63) is 33.9 Å². The van der Waals surface area contributed by atoms with Gasteiger partial charge < -0.3 is 42.1 Å². The molecule has 1 aromatic rings. The number of aliphatic carboxylic acids is 2. The summed E-state index contributed by atoms with van der Waals surface area (Å²) < 4.78 is 241. The Labute approximate surface area is 717 Å². The molecular weight excluding hydrogens is 1780 g/mol. The molecule has 14 N–H and O–H groups in total. The van der Waals surface area contributed by atoms with Crippen molar-refractivity contribution in [1.29, 1.82) is 0 Å². The summed E-state index contributed by atoms with van der Waals surface area (Å²) in [7, 11) is -28.5. The molecule has 8 saturated carbocycles. The van der Waals surface area contributed by atoms with Crippen LogP contribution in [0.1, 0.15) is 200 Å². The summed E-state index contributed by atoms with van der Waals surface area (Å²) in [6.45, 7) is 10.1. The highest BCUT2D eigenvalue weighted by atomic mass is 33.1. The second kappa shape index (κ2) is 40.2. The van der Waals surface area contributed by atoms with Gasteiger partial charge in [0.05, 0.1) is 41.5 Å². The average molecular weight is 1890 g/mol. The van der Waals surface area contributed by atoms with Crippen LogP contribution in [0.5, 0.6) is 0 Å². The zero-order valence-electron chi connectivity index (χ0n) is 68.1. The Morgan fingerprint density at radius 2 is 0.992 bits per heavy atom. The largest absolute Gasteiger partial charge is 0.480 e. The van der Waals surface area contributed by atoms with Crippen LogP contribution in [0.4, 0.5) is 5.69 Å². The maximum absolute atomic E-state index is 14.9. The molecule has 24 atom stereocenters. The van der Waals surface area contributed by atoms with E-state index in [4.69, 9.17) is 30.8 Å². The number of hydrogen-bond donors (Lipinski definition) is 13. The Bertz CT molecular complexity index is 4730. The van der Waals surface area contributed by atoms with Crippen molar-refractivity contribution in [3.63, 3.8) is 0 Å². The van der Waals surface area contributed by atoms with E-state index < -0.39 is 263 Å². The average Bonchev–Trinajstić information content (AvgIpc) is 1.66. The van der Waals surface area contributed by atoms with Gasteiger partial charge in [-0.1, -0.05) is 63.1 Å². The third kappa shape index (κ3) is 25.6. The molecular formula is C72H113N7O35S8. The Balaban J connectivity index is 0.869. The van der Waals surface area contributed by atoms with Gasteiger partial charge in [0.15, 0.2) is 0 Å². The van der Waals surface area contributed by atoms with E-state index in [0.29, 0.717) is 32.1 Å². The molecule has 42 nitrogen and oxygen atoms in total. The maximum Gasteiger partial charge on any atom is 0.397 e. The van der Waals surface area contributed by atoms with Crippen LogP contribution in [0.3, 0.4) is 0 Å². The van der Waals surface area contributed by atoms with E-state index in [1.807, 2.05) is 27.7 Å². The molecule has 122 heavy (non-hydrogen) atoms. The zero-order valence-corrected chi connectivity index (χ0v) is 74.7. The van der Waals surface area contributed by atoms with Crippen molar-refractivity contribution >= 4 is 131 Å². The van der Waals surface area contributed by atoms with Gasteiger partial charge in [-0.3, -0.25) is 71.0 Å². The molecule has 5 amide bonds. The van der Waals surface area contributed by atoms with Gasteiger partial charge in [0.25, 0.3) is 11.6 Å². The number of nitro benzene ring substituents is 1. The van der Waals surface area contributed by atoms with Crippen molar-refractivity contribution in [2.24, 2.45) is 98.4 Å². The first-order chi connectivity index (χ1) is 56.4. The number of carbonyl (C=O) groups excluding carboxylic acids is 5. The number of carboxylic acids is 2. The molecule has 0 saturated heterocycles. The smallest absolute Gasteiger partial charge is 0.397 e. The molecule has 50 heteroatoms. The van der Waals surface area contributed by atoms with Gasteiger partial charge in [-0.2, -0.15) is 50.5 Å². The number of nitrogens with zero attached hydrogens (tertiary/aromatic N) is 2. The molecule has 0 heterocycles. The highest BCUT2D eigenvalue weighted by Crippen LogP contribution is 2.72. The van der Waals surface area contributed by atoms with E-state index in [-0.39, 0.29) is 158 Å². The highest BCUT2D eigenvalue weighted by molar-refractivity contribution is 8.76. The van der Waals surface area contributed by atoms with Crippen molar-refractivity contribution in [1.82, 2.24) is 26.2 Å². The number of rotatable bonds is 43. The quantitative estimate of drug-likeness (QED) is 0.0121. The summed E-state index contributed by atoms with van der Waals surface area (Å²) in [5, 5.41) is 41.5. The number of amides is 5. The molecule has 8 fully saturated rings. The van der Waals surface area contributed by atoms with Crippen LogP contribution in [0, 0.1) is 103 Å². The molecule has 0 unspecified atom stereocenters. The number of hydrogen-bond acceptors (Lipinski definition) is 30. The SMILES string of the molecule is C[C@H](CCC(=O)NCCCCN(CCCNC(=O)CC[C@@H](C)[C@H]1CC[C@H]2[C@@H]3[C@H](OS(=O)(=O)O)C[C@@H]4C[C@H](OS(=O)(=O)O)CC[C@]4(C)[C@H]3C[C@H](OS(=O)(=O)O)[C@]12C)C(=O)c1cc(SSC[C@H](NC(=O)CC[C@H](N)C(=O)O)C(=O)NCC(=O)O)ccc1[N+](=O)[O-])[C@H]1CC[C@H]2[C@@H]3[C@H](OS(=O)(=O)O)C[C@@H]4C[C@H](OS(=O)(=O)O)CC[C@]4(C)[C@H]3C[C@H](OS(=O)(=O)O)[C@]12C. The van der Waals surface area contributed by atoms with E-state index in [0.717, 1.165) is 27.7 Å². The van der Waals surface area contributed by atoms with Gasteiger partial charge in [-0.25, -0.2) is 25.1 Å². The van der Waals surface area contributed by atoms with E-state index in [1.54, 1.807) is 13.8 Å². The van der Waals surface area contributed by atoms with Crippen molar-refractivity contribution in [2.45, 2.75) is 243 Å². The van der Waals surface area contributed by atoms with Crippen LogP contribution in [-0.4, -0.2) is 227 Å². The summed E-state index contributed by atoms with van der Waals surface area (Å²) in [6.07, 6.45) is -4.43. The molecule has 0 spiro atoms. The summed E-state index contributed by atoms with van der Waals surface area (Å²) in [5.41, 5.74) is 0.769. The number of benzene rings is 1. The molecule has 0 bridgehead atoms. The second-order valence-corrected chi connectivity index (χ2v) is 43.8. The molecule has 8 aliphatic carbocycles. The third-order valence-electron chi connectivity index (χ3n) is 28.3. The topological polar surface area (TPSA) is 662 Å². The van der Waals surface area contributed by atoms with Crippen LogP contribution in [0.2, 0.25) is 0 Å². The van der Waals surface area contributed by atoms with Crippen LogP contribution in [0.15, 0.2) is 23.1 Å².